The van der Waals surface area contributed by atoms with Crippen molar-refractivity contribution in [3.63, 3.8) is 0 Å². The van der Waals surface area contributed by atoms with Gasteiger partial charge in [-0.15, -0.1) is 0 Å². The zero-order chi connectivity index (χ0) is 18.4. The van der Waals surface area contributed by atoms with E-state index in [2.05, 4.69) is 5.32 Å². The molecule has 0 saturated carbocycles. The van der Waals surface area contributed by atoms with Crippen molar-refractivity contribution >= 4 is 43.7 Å². The highest BCUT2D eigenvalue weighted by atomic mass is 32.2. The molecule has 5 heteroatoms. The van der Waals surface area contributed by atoms with Crippen LogP contribution >= 0.6 is 11.8 Å². The van der Waals surface area contributed by atoms with Crippen molar-refractivity contribution in [2.75, 3.05) is 5.32 Å². The fourth-order valence-electron chi connectivity index (χ4n) is 3.32. The number of rotatable bonds is 2. The molecule has 1 aliphatic heterocycles. The summed E-state index contributed by atoms with van der Waals surface area (Å²) in [6.45, 7) is 0. The molecule has 0 fully saturated rings. The van der Waals surface area contributed by atoms with Gasteiger partial charge < -0.3 is 5.32 Å². The van der Waals surface area contributed by atoms with E-state index in [9.17, 15) is 8.42 Å². The fraction of sp³-hybridized carbons (Fsp3) is 0. The minimum Gasteiger partial charge on any atom is -0.353 e. The molecule has 27 heavy (non-hydrogen) atoms. The van der Waals surface area contributed by atoms with Crippen LogP contribution in [-0.2, 0) is 9.84 Å². The highest BCUT2D eigenvalue weighted by Crippen LogP contribution is 2.47. The maximum atomic E-state index is 13.4. The highest BCUT2D eigenvalue weighted by Gasteiger charge is 2.26. The van der Waals surface area contributed by atoms with Crippen LogP contribution < -0.4 is 5.32 Å². The lowest BCUT2D eigenvalue weighted by Gasteiger charge is -2.23. The Kier molecular flexibility index (Phi) is 3.74. The summed E-state index contributed by atoms with van der Waals surface area (Å²) in [5.41, 5.74) is 1.57. The van der Waals surface area contributed by atoms with Gasteiger partial charge in [-0.1, -0.05) is 60.3 Å². The minimum atomic E-state index is -3.65. The van der Waals surface area contributed by atoms with Gasteiger partial charge in [-0.3, -0.25) is 0 Å². The lowest BCUT2D eigenvalue weighted by Crippen LogP contribution is -2.09. The normalized spacial score (nSPS) is 12.9. The van der Waals surface area contributed by atoms with E-state index in [-0.39, 0.29) is 0 Å². The molecule has 1 N–H and O–H groups in total. The van der Waals surface area contributed by atoms with Gasteiger partial charge in [0.1, 0.15) is 0 Å². The number of benzene rings is 4. The van der Waals surface area contributed by atoms with Crippen molar-refractivity contribution in [2.24, 2.45) is 0 Å². The average Bonchev–Trinajstić information content (AvgIpc) is 2.71. The van der Waals surface area contributed by atoms with E-state index in [1.807, 2.05) is 60.7 Å². The Morgan fingerprint density at radius 2 is 1.44 bits per heavy atom. The molecule has 0 bridgehead atoms. The number of anilines is 2. The Morgan fingerprint density at radius 3 is 2.33 bits per heavy atom. The highest BCUT2D eigenvalue weighted by molar-refractivity contribution is 7.99. The first-order valence-corrected chi connectivity index (χ1v) is 10.8. The van der Waals surface area contributed by atoms with Crippen LogP contribution in [0, 0.1) is 0 Å². The topological polar surface area (TPSA) is 46.2 Å². The summed E-state index contributed by atoms with van der Waals surface area (Å²) in [6, 6.07) is 26.4. The van der Waals surface area contributed by atoms with Crippen molar-refractivity contribution in [2.45, 2.75) is 19.6 Å². The van der Waals surface area contributed by atoms with Gasteiger partial charge in [0.2, 0.25) is 9.84 Å². The molecule has 0 spiro atoms. The third-order valence-electron chi connectivity index (χ3n) is 4.68. The van der Waals surface area contributed by atoms with Crippen LogP contribution in [0.2, 0.25) is 0 Å². The summed E-state index contributed by atoms with van der Waals surface area (Å²) in [5, 5.41) is 5.26. The Bertz CT molecular complexity index is 1300. The van der Waals surface area contributed by atoms with Gasteiger partial charge in [-0.25, -0.2) is 8.42 Å². The molecular formula is C22H15NO2S2. The van der Waals surface area contributed by atoms with Gasteiger partial charge in [0.05, 0.1) is 21.2 Å². The maximum Gasteiger partial charge on any atom is 0.208 e. The molecule has 0 aliphatic carbocycles. The molecule has 4 aromatic carbocycles. The van der Waals surface area contributed by atoms with E-state index in [4.69, 9.17) is 0 Å². The molecule has 0 amide bonds. The molecule has 0 aromatic heterocycles. The molecule has 0 atom stereocenters. The Morgan fingerprint density at radius 1 is 0.704 bits per heavy atom. The van der Waals surface area contributed by atoms with E-state index in [1.54, 1.807) is 36.0 Å². The van der Waals surface area contributed by atoms with E-state index in [0.717, 1.165) is 26.3 Å². The first-order valence-electron chi connectivity index (χ1n) is 8.54. The lowest BCUT2D eigenvalue weighted by atomic mass is 10.1. The van der Waals surface area contributed by atoms with Crippen LogP contribution in [0.4, 0.5) is 11.4 Å². The van der Waals surface area contributed by atoms with Crippen LogP contribution in [0.5, 0.6) is 0 Å². The molecule has 0 saturated heterocycles. The third kappa shape index (κ3) is 2.71. The van der Waals surface area contributed by atoms with Gasteiger partial charge >= 0.3 is 0 Å². The Balaban J connectivity index is 1.66. The predicted octanol–water partition coefficient (Wildman–Crippen LogP) is 5.88. The second kappa shape index (κ2) is 6.15. The van der Waals surface area contributed by atoms with Crippen LogP contribution in [0.3, 0.4) is 0 Å². The minimum absolute atomic E-state index is 0.303. The predicted molar refractivity (Wildman–Crippen MR) is 110 cm³/mol. The van der Waals surface area contributed by atoms with Crippen molar-refractivity contribution in [3.05, 3.63) is 84.9 Å². The average molecular weight is 390 g/mol. The van der Waals surface area contributed by atoms with Crippen molar-refractivity contribution < 1.29 is 8.42 Å². The second-order valence-corrected chi connectivity index (χ2v) is 9.37. The first kappa shape index (κ1) is 16.4. The monoisotopic (exact) mass is 389 g/mol. The molecule has 0 radical (unpaired) electrons. The van der Waals surface area contributed by atoms with Gasteiger partial charge in [0.15, 0.2) is 0 Å². The Hall–Kier alpha value is -2.76. The SMILES string of the molecule is O=S(=O)(c1ccc2ccccc2c1)c1cccc2c1Nc1ccccc1S2. The van der Waals surface area contributed by atoms with Crippen LogP contribution in [-0.4, -0.2) is 8.42 Å². The number of sulfone groups is 1. The summed E-state index contributed by atoms with van der Waals surface area (Å²) in [6.07, 6.45) is 0. The van der Waals surface area contributed by atoms with Gasteiger partial charge in [-0.05, 0) is 47.2 Å². The lowest BCUT2D eigenvalue weighted by molar-refractivity contribution is 0.596. The molecular weight excluding hydrogens is 374 g/mol. The van der Waals surface area contributed by atoms with Gasteiger partial charge in [-0.2, -0.15) is 0 Å². The molecule has 1 heterocycles. The summed E-state index contributed by atoms with van der Waals surface area (Å²) < 4.78 is 26.8. The van der Waals surface area contributed by atoms with E-state index >= 15 is 0 Å². The number of hydrogen-bond donors (Lipinski definition) is 1. The van der Waals surface area contributed by atoms with Gasteiger partial charge in [0, 0.05) is 9.79 Å². The number of fused-ring (bicyclic) bond motifs is 3. The van der Waals surface area contributed by atoms with E-state index < -0.39 is 9.84 Å². The second-order valence-electron chi connectivity index (χ2n) is 6.36. The molecule has 132 valence electrons. The number of nitrogens with one attached hydrogen (secondary N) is 1. The summed E-state index contributed by atoms with van der Waals surface area (Å²) in [4.78, 5) is 2.61. The third-order valence-corrected chi connectivity index (χ3v) is 7.61. The fourth-order valence-corrected chi connectivity index (χ4v) is 5.87. The van der Waals surface area contributed by atoms with E-state index in [0.29, 0.717) is 15.5 Å². The molecule has 0 unspecified atom stereocenters. The quantitative estimate of drug-likeness (QED) is 0.409. The van der Waals surface area contributed by atoms with E-state index in [1.165, 1.54) is 0 Å². The largest absolute Gasteiger partial charge is 0.353 e. The Labute approximate surface area is 162 Å². The molecule has 5 rings (SSSR count). The van der Waals surface area contributed by atoms with Crippen LogP contribution in [0.25, 0.3) is 10.8 Å². The van der Waals surface area contributed by atoms with Crippen molar-refractivity contribution in [1.82, 2.24) is 0 Å². The smallest absolute Gasteiger partial charge is 0.208 e. The zero-order valence-corrected chi connectivity index (χ0v) is 15.8. The molecule has 3 nitrogen and oxygen atoms in total. The first-order chi connectivity index (χ1) is 13.1. The summed E-state index contributed by atoms with van der Waals surface area (Å²) >= 11 is 1.58. The summed E-state index contributed by atoms with van der Waals surface area (Å²) in [5.74, 6) is 0. The van der Waals surface area contributed by atoms with Gasteiger partial charge in [0.25, 0.3) is 0 Å². The number of hydrogen-bond acceptors (Lipinski definition) is 4. The number of para-hydroxylation sites is 2. The van der Waals surface area contributed by atoms with Crippen molar-refractivity contribution in [3.8, 4) is 0 Å². The standard InChI is InChI=1S/C22H15NO2S2/c24-27(25,17-13-12-15-6-1-2-7-16(15)14-17)21-11-5-10-20-22(21)23-18-8-3-4-9-19(18)26-20/h1-14,23H. The molecule has 4 aromatic rings. The van der Waals surface area contributed by atoms with Crippen LogP contribution in [0.15, 0.2) is 105 Å². The zero-order valence-electron chi connectivity index (χ0n) is 14.2. The maximum absolute atomic E-state index is 13.4. The van der Waals surface area contributed by atoms with Crippen LogP contribution in [0.1, 0.15) is 0 Å². The molecule has 1 aliphatic rings. The van der Waals surface area contributed by atoms with Crippen molar-refractivity contribution in [1.29, 1.82) is 0 Å². The summed E-state index contributed by atoms with van der Waals surface area (Å²) in [7, 11) is -3.65.